The SMILES string of the molecule is CC(C)C(=O)Nc1ccc(CNC(=O)c2cc(F)ccc2F)cc1. The summed E-state index contributed by atoms with van der Waals surface area (Å²) in [6.07, 6.45) is 0. The lowest BCUT2D eigenvalue weighted by molar-refractivity contribution is -0.118. The van der Waals surface area contributed by atoms with Crippen molar-refractivity contribution in [3.05, 3.63) is 65.2 Å². The van der Waals surface area contributed by atoms with Crippen molar-refractivity contribution in [1.82, 2.24) is 5.32 Å². The molecule has 2 amide bonds. The van der Waals surface area contributed by atoms with Gasteiger partial charge in [-0.2, -0.15) is 0 Å². The Hall–Kier alpha value is -2.76. The summed E-state index contributed by atoms with van der Waals surface area (Å²) in [6, 6.07) is 9.62. The number of amides is 2. The summed E-state index contributed by atoms with van der Waals surface area (Å²) >= 11 is 0. The molecule has 2 rings (SSSR count). The molecular formula is C18H18F2N2O2. The summed E-state index contributed by atoms with van der Waals surface area (Å²) < 4.78 is 26.6. The van der Waals surface area contributed by atoms with Crippen LogP contribution in [-0.2, 0) is 11.3 Å². The molecule has 4 nitrogen and oxygen atoms in total. The van der Waals surface area contributed by atoms with E-state index in [-0.39, 0.29) is 23.9 Å². The number of benzene rings is 2. The number of carbonyl (C=O) groups excluding carboxylic acids is 2. The first kappa shape index (κ1) is 17.6. The van der Waals surface area contributed by atoms with Crippen molar-refractivity contribution >= 4 is 17.5 Å². The highest BCUT2D eigenvalue weighted by molar-refractivity contribution is 5.94. The van der Waals surface area contributed by atoms with E-state index in [1.165, 1.54) is 0 Å². The van der Waals surface area contributed by atoms with Gasteiger partial charge in [0, 0.05) is 18.2 Å². The summed E-state index contributed by atoms with van der Waals surface area (Å²) in [5.74, 6) is -2.35. The molecule has 0 spiro atoms. The van der Waals surface area contributed by atoms with Crippen LogP contribution in [-0.4, -0.2) is 11.8 Å². The van der Waals surface area contributed by atoms with Crippen molar-refractivity contribution in [2.75, 3.05) is 5.32 Å². The molecule has 0 heterocycles. The van der Waals surface area contributed by atoms with Gasteiger partial charge in [-0.3, -0.25) is 9.59 Å². The molecule has 0 saturated heterocycles. The standard InChI is InChI=1S/C18H18F2N2O2/c1-11(2)17(23)22-14-6-3-12(4-7-14)10-21-18(24)15-9-13(19)5-8-16(15)20/h3-9,11H,10H2,1-2H3,(H,21,24)(H,22,23). The molecule has 0 atom stereocenters. The lowest BCUT2D eigenvalue weighted by Crippen LogP contribution is -2.24. The predicted octanol–water partition coefficient (Wildman–Crippen LogP) is 3.49. The number of rotatable bonds is 5. The molecule has 0 unspecified atom stereocenters. The Labute approximate surface area is 138 Å². The highest BCUT2D eigenvalue weighted by Gasteiger charge is 2.12. The monoisotopic (exact) mass is 332 g/mol. The second kappa shape index (κ2) is 7.68. The molecule has 0 aliphatic rings. The van der Waals surface area contributed by atoms with Crippen LogP contribution in [0.4, 0.5) is 14.5 Å². The maximum Gasteiger partial charge on any atom is 0.254 e. The summed E-state index contributed by atoms with van der Waals surface area (Å²) in [5.41, 5.74) is 1.08. The van der Waals surface area contributed by atoms with E-state index in [0.29, 0.717) is 5.69 Å². The second-order valence-electron chi connectivity index (χ2n) is 5.65. The average molecular weight is 332 g/mol. The summed E-state index contributed by atoms with van der Waals surface area (Å²) in [6.45, 7) is 3.75. The molecule has 0 aliphatic heterocycles. The van der Waals surface area contributed by atoms with Crippen LogP contribution in [0.5, 0.6) is 0 Å². The summed E-state index contributed by atoms with van der Waals surface area (Å²) in [7, 11) is 0. The molecule has 2 N–H and O–H groups in total. The van der Waals surface area contributed by atoms with Crippen LogP contribution in [0.25, 0.3) is 0 Å². The van der Waals surface area contributed by atoms with E-state index in [0.717, 1.165) is 23.8 Å². The van der Waals surface area contributed by atoms with E-state index in [2.05, 4.69) is 10.6 Å². The van der Waals surface area contributed by atoms with Gasteiger partial charge in [0.05, 0.1) is 5.56 Å². The van der Waals surface area contributed by atoms with E-state index >= 15 is 0 Å². The van der Waals surface area contributed by atoms with E-state index in [1.54, 1.807) is 38.1 Å². The molecule has 126 valence electrons. The minimum absolute atomic E-state index is 0.0855. The van der Waals surface area contributed by atoms with E-state index in [9.17, 15) is 18.4 Å². The minimum Gasteiger partial charge on any atom is -0.348 e. The lowest BCUT2D eigenvalue weighted by atomic mass is 10.1. The lowest BCUT2D eigenvalue weighted by Gasteiger charge is -2.09. The molecule has 2 aromatic rings. The third-order valence-corrected chi connectivity index (χ3v) is 3.37. The molecule has 0 aromatic heterocycles. The Bertz CT molecular complexity index is 743. The highest BCUT2D eigenvalue weighted by atomic mass is 19.1. The van der Waals surface area contributed by atoms with Gasteiger partial charge in [-0.25, -0.2) is 8.78 Å². The summed E-state index contributed by atoms with van der Waals surface area (Å²) in [4.78, 5) is 23.5. The highest BCUT2D eigenvalue weighted by Crippen LogP contribution is 2.12. The molecule has 0 radical (unpaired) electrons. The fourth-order valence-electron chi connectivity index (χ4n) is 1.94. The number of nitrogens with one attached hydrogen (secondary N) is 2. The summed E-state index contributed by atoms with van der Waals surface area (Å²) in [5, 5.41) is 5.28. The Morgan fingerprint density at radius 3 is 2.33 bits per heavy atom. The van der Waals surface area contributed by atoms with Crippen LogP contribution in [0.1, 0.15) is 29.8 Å². The van der Waals surface area contributed by atoms with Crippen LogP contribution < -0.4 is 10.6 Å². The van der Waals surface area contributed by atoms with Gasteiger partial charge in [-0.1, -0.05) is 26.0 Å². The number of halogens is 2. The molecule has 0 aliphatic carbocycles. The smallest absolute Gasteiger partial charge is 0.254 e. The molecule has 24 heavy (non-hydrogen) atoms. The normalized spacial score (nSPS) is 10.5. The van der Waals surface area contributed by atoms with Crippen molar-refractivity contribution < 1.29 is 18.4 Å². The largest absolute Gasteiger partial charge is 0.348 e. The topological polar surface area (TPSA) is 58.2 Å². The van der Waals surface area contributed by atoms with Crippen LogP contribution in [0.3, 0.4) is 0 Å². The first-order valence-electron chi connectivity index (χ1n) is 7.50. The zero-order valence-electron chi connectivity index (χ0n) is 13.4. The third-order valence-electron chi connectivity index (χ3n) is 3.37. The van der Waals surface area contributed by atoms with Crippen LogP contribution in [0, 0.1) is 17.6 Å². The van der Waals surface area contributed by atoms with Gasteiger partial charge < -0.3 is 10.6 Å². The van der Waals surface area contributed by atoms with Crippen molar-refractivity contribution in [2.24, 2.45) is 5.92 Å². The van der Waals surface area contributed by atoms with Gasteiger partial charge in [0.25, 0.3) is 5.91 Å². The molecule has 0 saturated carbocycles. The maximum absolute atomic E-state index is 13.5. The van der Waals surface area contributed by atoms with E-state index in [1.807, 2.05) is 0 Å². The average Bonchev–Trinajstić information content (AvgIpc) is 2.56. The minimum atomic E-state index is -0.777. The Morgan fingerprint density at radius 1 is 1.04 bits per heavy atom. The zero-order valence-corrected chi connectivity index (χ0v) is 13.4. The predicted molar refractivity (Wildman–Crippen MR) is 87.4 cm³/mol. The van der Waals surface area contributed by atoms with Crippen molar-refractivity contribution in [3.8, 4) is 0 Å². The van der Waals surface area contributed by atoms with Gasteiger partial charge in [0.15, 0.2) is 0 Å². The maximum atomic E-state index is 13.5. The molecule has 2 aromatic carbocycles. The number of carbonyl (C=O) groups is 2. The quantitative estimate of drug-likeness (QED) is 0.880. The fourth-order valence-corrected chi connectivity index (χ4v) is 1.94. The Morgan fingerprint density at radius 2 is 1.71 bits per heavy atom. The third kappa shape index (κ3) is 4.62. The molecular weight excluding hydrogens is 314 g/mol. The van der Waals surface area contributed by atoms with Gasteiger partial charge in [0.1, 0.15) is 11.6 Å². The Balaban J connectivity index is 1.96. The zero-order chi connectivity index (χ0) is 17.7. The van der Waals surface area contributed by atoms with Crippen LogP contribution in [0.15, 0.2) is 42.5 Å². The number of anilines is 1. The van der Waals surface area contributed by atoms with Crippen molar-refractivity contribution in [1.29, 1.82) is 0 Å². The van der Waals surface area contributed by atoms with Gasteiger partial charge in [-0.15, -0.1) is 0 Å². The van der Waals surface area contributed by atoms with Gasteiger partial charge >= 0.3 is 0 Å². The van der Waals surface area contributed by atoms with Crippen molar-refractivity contribution in [2.45, 2.75) is 20.4 Å². The number of hydrogen-bond donors (Lipinski definition) is 2. The first-order chi connectivity index (χ1) is 11.4. The molecule has 0 fully saturated rings. The first-order valence-corrected chi connectivity index (χ1v) is 7.50. The van der Waals surface area contributed by atoms with Crippen LogP contribution in [0.2, 0.25) is 0 Å². The van der Waals surface area contributed by atoms with Crippen LogP contribution >= 0.6 is 0 Å². The van der Waals surface area contributed by atoms with Crippen molar-refractivity contribution in [3.63, 3.8) is 0 Å². The van der Waals surface area contributed by atoms with E-state index in [4.69, 9.17) is 0 Å². The Kier molecular flexibility index (Phi) is 5.63. The molecule has 0 bridgehead atoms. The number of hydrogen-bond acceptors (Lipinski definition) is 2. The van der Waals surface area contributed by atoms with Gasteiger partial charge in [0.2, 0.25) is 5.91 Å². The molecule has 6 heteroatoms. The second-order valence-corrected chi connectivity index (χ2v) is 5.65. The van der Waals surface area contributed by atoms with Gasteiger partial charge in [-0.05, 0) is 35.9 Å². The fraction of sp³-hybridized carbons (Fsp3) is 0.222. The van der Waals surface area contributed by atoms with E-state index < -0.39 is 17.5 Å².